The number of nitrogens with one attached hydrogen (secondary N) is 1. The number of carbonyl (C=O) groups excluding carboxylic acids is 2. The van der Waals surface area contributed by atoms with Crippen molar-refractivity contribution < 1.29 is 27.2 Å². The monoisotopic (exact) mass is 476 g/mol. The molecule has 0 spiro atoms. The zero-order valence-corrected chi connectivity index (χ0v) is 17.6. The number of benzene rings is 1. The predicted molar refractivity (Wildman–Crippen MR) is 114 cm³/mol. The molecule has 3 heterocycles. The van der Waals surface area contributed by atoms with Crippen LogP contribution in [-0.4, -0.2) is 32.6 Å². The van der Waals surface area contributed by atoms with Crippen LogP contribution in [0.15, 0.2) is 71.6 Å². The number of carbonyl (C=O) groups is 2. The summed E-state index contributed by atoms with van der Waals surface area (Å²) in [6, 6.07) is 11.6. The number of nitrogens with zero attached hydrogens (tertiary/aromatic N) is 3. The van der Waals surface area contributed by atoms with Gasteiger partial charge in [0, 0.05) is 18.1 Å². The van der Waals surface area contributed by atoms with E-state index in [-0.39, 0.29) is 17.9 Å². The van der Waals surface area contributed by atoms with Crippen molar-refractivity contribution in [2.45, 2.75) is 12.7 Å². The van der Waals surface area contributed by atoms with E-state index in [1.165, 1.54) is 23.4 Å². The summed E-state index contributed by atoms with van der Waals surface area (Å²) in [6.07, 6.45) is -0.00143. The summed E-state index contributed by atoms with van der Waals surface area (Å²) in [5, 5.41) is 1.89. The van der Waals surface area contributed by atoms with E-state index in [0.717, 1.165) is 12.1 Å². The minimum Gasteiger partial charge on any atom is -0.467 e. The zero-order chi connectivity index (χ0) is 23.6. The lowest BCUT2D eigenvalue weighted by atomic mass is 10.2. The average molecular weight is 477 g/mol. The minimum atomic E-state index is -4.68. The van der Waals surface area contributed by atoms with Crippen LogP contribution in [0, 0.1) is 0 Å². The van der Waals surface area contributed by atoms with Crippen molar-refractivity contribution in [1.29, 1.82) is 0 Å². The summed E-state index contributed by atoms with van der Waals surface area (Å²) in [5.41, 5.74) is -0.527. The lowest BCUT2D eigenvalue weighted by Crippen LogP contribution is -2.37. The normalized spacial score (nSPS) is 11.5. The van der Waals surface area contributed by atoms with Crippen LogP contribution in [0.2, 0.25) is 5.02 Å². The van der Waals surface area contributed by atoms with E-state index in [2.05, 4.69) is 10.3 Å². The molecule has 2 amide bonds. The summed E-state index contributed by atoms with van der Waals surface area (Å²) < 4.78 is 46.2. The Balaban J connectivity index is 1.55. The second-order valence-corrected chi connectivity index (χ2v) is 7.48. The van der Waals surface area contributed by atoms with Crippen molar-refractivity contribution in [3.05, 3.63) is 89.2 Å². The smallest absolute Gasteiger partial charge is 0.417 e. The number of halogens is 4. The first-order chi connectivity index (χ1) is 15.7. The third-order valence-corrected chi connectivity index (χ3v) is 5.02. The van der Waals surface area contributed by atoms with Crippen LogP contribution in [0.1, 0.15) is 21.8 Å². The number of anilines is 1. The number of hydrogen-bond acceptors (Lipinski definition) is 4. The molecule has 7 nitrogen and oxygen atoms in total. The topological polar surface area (TPSA) is 79.9 Å². The van der Waals surface area contributed by atoms with E-state index in [1.807, 2.05) is 0 Å². The van der Waals surface area contributed by atoms with Crippen LogP contribution in [0.5, 0.6) is 0 Å². The average Bonchev–Trinajstić information content (AvgIpc) is 3.43. The Labute approximate surface area is 190 Å². The van der Waals surface area contributed by atoms with E-state index in [1.54, 1.807) is 40.9 Å². The fraction of sp³-hybridized carbons (Fsp3) is 0.136. The molecule has 4 rings (SSSR count). The van der Waals surface area contributed by atoms with E-state index >= 15 is 0 Å². The molecule has 1 N–H and O–H groups in total. The van der Waals surface area contributed by atoms with E-state index in [9.17, 15) is 22.8 Å². The molecule has 170 valence electrons. The molecule has 0 saturated carbocycles. The van der Waals surface area contributed by atoms with E-state index in [0.29, 0.717) is 11.4 Å². The summed E-state index contributed by atoms with van der Waals surface area (Å²) in [4.78, 5) is 31.2. The molecule has 0 radical (unpaired) electrons. The maximum absolute atomic E-state index is 13.1. The van der Waals surface area contributed by atoms with Crippen molar-refractivity contribution in [3.8, 4) is 0 Å². The maximum Gasteiger partial charge on any atom is 0.417 e. The van der Waals surface area contributed by atoms with Crippen LogP contribution in [0.3, 0.4) is 0 Å². The van der Waals surface area contributed by atoms with Crippen molar-refractivity contribution in [2.24, 2.45) is 0 Å². The number of imidazole rings is 1. The van der Waals surface area contributed by atoms with Gasteiger partial charge in [0.25, 0.3) is 5.91 Å². The van der Waals surface area contributed by atoms with Gasteiger partial charge in [0.1, 0.15) is 23.6 Å². The van der Waals surface area contributed by atoms with Gasteiger partial charge in [0.05, 0.1) is 23.4 Å². The number of amides is 2. The number of fused-ring (bicyclic) bond motifs is 1. The molecule has 33 heavy (non-hydrogen) atoms. The Hall–Kier alpha value is -3.79. The molecule has 0 aliphatic rings. The Bertz CT molecular complexity index is 1270. The van der Waals surface area contributed by atoms with Gasteiger partial charge in [-0.15, -0.1) is 0 Å². The lowest BCUT2D eigenvalue weighted by molar-refractivity contribution is -0.137. The number of rotatable bonds is 6. The number of alkyl halides is 3. The van der Waals surface area contributed by atoms with Gasteiger partial charge in [0.15, 0.2) is 0 Å². The summed E-state index contributed by atoms with van der Waals surface area (Å²) in [7, 11) is 0. The second kappa shape index (κ2) is 8.99. The standard InChI is InChI=1S/C22H16ClF3N4O3/c23-17-7-6-14(10-16(17)22(24,25)26)27-20(31)13-30(11-15-4-3-9-33-15)21(32)18-12-29-8-2-1-5-19(29)28-18/h1-10,12H,11,13H2,(H,27,31). The highest BCUT2D eigenvalue weighted by atomic mass is 35.5. The van der Waals surface area contributed by atoms with Gasteiger partial charge in [-0.25, -0.2) is 4.98 Å². The SMILES string of the molecule is O=C(CN(Cc1ccco1)C(=O)c1cn2ccccc2n1)Nc1ccc(Cl)c(C(F)(F)F)c1. The van der Waals surface area contributed by atoms with Crippen LogP contribution in [0.4, 0.5) is 18.9 Å². The van der Waals surface area contributed by atoms with Crippen molar-refractivity contribution in [2.75, 3.05) is 11.9 Å². The second-order valence-electron chi connectivity index (χ2n) is 7.07. The number of hydrogen-bond donors (Lipinski definition) is 1. The Morgan fingerprint density at radius 3 is 2.67 bits per heavy atom. The van der Waals surface area contributed by atoms with Crippen LogP contribution in [0.25, 0.3) is 5.65 Å². The molecule has 0 unspecified atom stereocenters. The predicted octanol–water partition coefficient (Wildman–Crippen LogP) is 4.88. The van der Waals surface area contributed by atoms with E-state index in [4.69, 9.17) is 16.0 Å². The van der Waals surface area contributed by atoms with Crippen LogP contribution < -0.4 is 5.32 Å². The largest absolute Gasteiger partial charge is 0.467 e. The highest BCUT2D eigenvalue weighted by Gasteiger charge is 2.33. The molecule has 0 bridgehead atoms. The number of pyridine rings is 1. The van der Waals surface area contributed by atoms with Gasteiger partial charge in [-0.3, -0.25) is 9.59 Å². The zero-order valence-electron chi connectivity index (χ0n) is 16.8. The Morgan fingerprint density at radius 2 is 1.97 bits per heavy atom. The first kappa shape index (κ1) is 22.4. The molecule has 0 fully saturated rings. The maximum atomic E-state index is 13.1. The van der Waals surface area contributed by atoms with Gasteiger partial charge in [-0.05, 0) is 42.5 Å². The first-order valence-corrected chi connectivity index (χ1v) is 10.0. The molecular formula is C22H16ClF3N4O3. The molecule has 4 aromatic rings. The molecule has 0 atom stereocenters. The summed E-state index contributed by atoms with van der Waals surface area (Å²) in [6.45, 7) is -0.487. The Morgan fingerprint density at radius 1 is 1.15 bits per heavy atom. The van der Waals surface area contributed by atoms with Gasteiger partial charge in [-0.1, -0.05) is 17.7 Å². The van der Waals surface area contributed by atoms with Gasteiger partial charge < -0.3 is 19.0 Å². The highest BCUT2D eigenvalue weighted by molar-refractivity contribution is 6.31. The summed E-state index contributed by atoms with van der Waals surface area (Å²) in [5.74, 6) is -0.822. The fourth-order valence-electron chi connectivity index (χ4n) is 3.18. The lowest BCUT2D eigenvalue weighted by Gasteiger charge is -2.20. The van der Waals surface area contributed by atoms with Crippen LogP contribution in [-0.2, 0) is 17.5 Å². The van der Waals surface area contributed by atoms with Gasteiger partial charge in [-0.2, -0.15) is 13.2 Å². The van der Waals surface area contributed by atoms with Crippen molar-refractivity contribution >= 4 is 34.7 Å². The van der Waals surface area contributed by atoms with Gasteiger partial charge in [0.2, 0.25) is 5.91 Å². The first-order valence-electron chi connectivity index (χ1n) is 9.63. The van der Waals surface area contributed by atoms with E-state index < -0.39 is 35.1 Å². The third kappa shape index (κ3) is 5.17. The minimum absolute atomic E-state index is 0.0401. The molecule has 1 aromatic carbocycles. The van der Waals surface area contributed by atoms with Crippen molar-refractivity contribution in [3.63, 3.8) is 0 Å². The highest BCUT2D eigenvalue weighted by Crippen LogP contribution is 2.36. The molecule has 0 aliphatic heterocycles. The quantitative estimate of drug-likeness (QED) is 0.430. The molecule has 3 aromatic heterocycles. The number of furan rings is 1. The molecule has 0 saturated heterocycles. The molecular weight excluding hydrogens is 461 g/mol. The van der Waals surface area contributed by atoms with Crippen molar-refractivity contribution in [1.82, 2.24) is 14.3 Å². The fourth-order valence-corrected chi connectivity index (χ4v) is 3.41. The Kier molecular flexibility index (Phi) is 6.10. The summed E-state index contributed by atoms with van der Waals surface area (Å²) >= 11 is 5.62. The molecule has 0 aliphatic carbocycles. The van der Waals surface area contributed by atoms with Crippen LogP contribution >= 0.6 is 11.6 Å². The number of aromatic nitrogens is 2. The third-order valence-electron chi connectivity index (χ3n) is 4.69. The molecule has 11 heteroatoms. The van der Waals surface area contributed by atoms with Gasteiger partial charge >= 0.3 is 6.18 Å².